The van der Waals surface area contributed by atoms with Crippen molar-refractivity contribution in [2.24, 2.45) is 0 Å². The van der Waals surface area contributed by atoms with Crippen LogP contribution in [0.15, 0.2) is 54.6 Å². The van der Waals surface area contributed by atoms with Crippen LogP contribution in [0.1, 0.15) is 12.0 Å². The second kappa shape index (κ2) is 8.13. The lowest BCUT2D eigenvalue weighted by atomic mass is 10.2. The second-order valence-electron chi connectivity index (χ2n) is 4.29. The number of rotatable bonds is 7. The Hall–Kier alpha value is -1.12. The van der Waals surface area contributed by atoms with Crippen LogP contribution >= 0.6 is 23.4 Å². The summed E-state index contributed by atoms with van der Waals surface area (Å²) in [7, 11) is 0. The average Bonchev–Trinajstić information content (AvgIpc) is 2.45. The quantitative estimate of drug-likeness (QED) is 0.714. The Morgan fingerprint density at radius 1 is 0.947 bits per heavy atom. The predicted octanol–water partition coefficient (Wildman–Crippen LogP) is 5.08. The minimum Gasteiger partial charge on any atom is -0.385 e. The summed E-state index contributed by atoms with van der Waals surface area (Å²) in [5, 5.41) is 4.29. The number of anilines is 1. The average molecular weight is 292 g/mol. The number of halogens is 1. The standard InChI is InChI=1S/C16H18ClNS/c17-16-10-5-4-7-14(16)13-19-12-6-11-18-15-8-2-1-3-9-15/h1-5,7-10,18H,6,11-13H2. The van der Waals surface area contributed by atoms with Gasteiger partial charge in [-0.3, -0.25) is 0 Å². The summed E-state index contributed by atoms with van der Waals surface area (Å²) in [6, 6.07) is 18.4. The fraction of sp³-hybridized carbons (Fsp3) is 0.250. The first kappa shape index (κ1) is 14.3. The molecule has 0 saturated heterocycles. The molecule has 0 aliphatic rings. The Balaban J connectivity index is 1.59. The first-order valence-corrected chi connectivity index (χ1v) is 7.99. The lowest BCUT2D eigenvalue weighted by Crippen LogP contribution is -2.02. The van der Waals surface area contributed by atoms with Crippen molar-refractivity contribution in [3.05, 3.63) is 65.2 Å². The van der Waals surface area contributed by atoms with Crippen molar-refractivity contribution >= 4 is 29.1 Å². The summed E-state index contributed by atoms with van der Waals surface area (Å²) in [6.07, 6.45) is 1.16. The van der Waals surface area contributed by atoms with Gasteiger partial charge < -0.3 is 5.32 Å². The molecule has 0 fully saturated rings. The van der Waals surface area contributed by atoms with Crippen LogP contribution in [-0.4, -0.2) is 12.3 Å². The molecule has 0 unspecified atom stereocenters. The molecule has 0 aliphatic carbocycles. The van der Waals surface area contributed by atoms with E-state index in [2.05, 4.69) is 35.6 Å². The maximum Gasteiger partial charge on any atom is 0.0446 e. The molecule has 19 heavy (non-hydrogen) atoms. The van der Waals surface area contributed by atoms with E-state index in [9.17, 15) is 0 Å². The molecular weight excluding hydrogens is 274 g/mol. The Morgan fingerprint density at radius 2 is 1.68 bits per heavy atom. The second-order valence-corrected chi connectivity index (χ2v) is 5.80. The topological polar surface area (TPSA) is 12.0 Å². The van der Waals surface area contributed by atoms with Crippen LogP contribution in [0.2, 0.25) is 5.02 Å². The third-order valence-corrected chi connectivity index (χ3v) is 4.24. The van der Waals surface area contributed by atoms with Gasteiger partial charge in [-0.25, -0.2) is 0 Å². The molecule has 2 rings (SSSR count). The van der Waals surface area contributed by atoms with Gasteiger partial charge in [-0.05, 0) is 35.9 Å². The highest BCUT2D eigenvalue weighted by atomic mass is 35.5. The van der Waals surface area contributed by atoms with E-state index in [0.717, 1.165) is 29.5 Å². The molecule has 2 aromatic rings. The maximum absolute atomic E-state index is 6.12. The van der Waals surface area contributed by atoms with Gasteiger partial charge >= 0.3 is 0 Å². The van der Waals surface area contributed by atoms with Gasteiger partial charge in [0.05, 0.1) is 0 Å². The Labute approximate surface area is 124 Å². The molecule has 0 bridgehead atoms. The van der Waals surface area contributed by atoms with E-state index in [0.29, 0.717) is 0 Å². The van der Waals surface area contributed by atoms with E-state index in [4.69, 9.17) is 11.6 Å². The number of hydrogen-bond donors (Lipinski definition) is 1. The lowest BCUT2D eigenvalue weighted by Gasteiger charge is -2.06. The summed E-state index contributed by atoms with van der Waals surface area (Å²) in [5.41, 5.74) is 2.42. The molecule has 1 N–H and O–H groups in total. The maximum atomic E-state index is 6.12. The summed E-state index contributed by atoms with van der Waals surface area (Å²) >= 11 is 8.05. The van der Waals surface area contributed by atoms with E-state index in [1.54, 1.807) is 0 Å². The van der Waals surface area contributed by atoms with Crippen LogP contribution in [0.3, 0.4) is 0 Å². The van der Waals surface area contributed by atoms with Gasteiger partial charge in [-0.1, -0.05) is 48.0 Å². The molecule has 0 saturated carbocycles. The van der Waals surface area contributed by atoms with Crippen molar-refractivity contribution in [3.63, 3.8) is 0 Å². The van der Waals surface area contributed by atoms with Gasteiger partial charge in [0, 0.05) is 23.0 Å². The number of thioether (sulfide) groups is 1. The van der Waals surface area contributed by atoms with Crippen molar-refractivity contribution in [2.75, 3.05) is 17.6 Å². The Kier molecular flexibility index (Phi) is 6.12. The van der Waals surface area contributed by atoms with Gasteiger partial charge in [0.1, 0.15) is 0 Å². The highest BCUT2D eigenvalue weighted by Crippen LogP contribution is 2.21. The zero-order chi connectivity index (χ0) is 13.3. The van der Waals surface area contributed by atoms with Crippen molar-refractivity contribution in [1.29, 1.82) is 0 Å². The monoisotopic (exact) mass is 291 g/mol. The molecule has 0 aromatic heterocycles. The van der Waals surface area contributed by atoms with Crippen LogP contribution in [0, 0.1) is 0 Å². The summed E-state index contributed by atoms with van der Waals surface area (Å²) < 4.78 is 0. The van der Waals surface area contributed by atoms with Crippen LogP contribution < -0.4 is 5.32 Å². The van der Waals surface area contributed by atoms with Crippen molar-refractivity contribution in [1.82, 2.24) is 0 Å². The van der Waals surface area contributed by atoms with E-state index in [-0.39, 0.29) is 0 Å². The molecule has 0 atom stereocenters. The molecule has 0 spiro atoms. The van der Waals surface area contributed by atoms with Gasteiger partial charge in [0.2, 0.25) is 0 Å². The van der Waals surface area contributed by atoms with Gasteiger partial charge in [-0.15, -0.1) is 0 Å². The van der Waals surface area contributed by atoms with Gasteiger partial charge in [0.25, 0.3) is 0 Å². The fourth-order valence-corrected chi connectivity index (χ4v) is 3.01. The molecule has 0 radical (unpaired) electrons. The van der Waals surface area contributed by atoms with E-state index < -0.39 is 0 Å². The van der Waals surface area contributed by atoms with Crippen LogP contribution in [0.4, 0.5) is 5.69 Å². The minimum atomic E-state index is 0.873. The van der Waals surface area contributed by atoms with E-state index in [1.165, 1.54) is 11.3 Å². The molecular formula is C16H18ClNS. The van der Waals surface area contributed by atoms with Crippen LogP contribution in [0.25, 0.3) is 0 Å². The first-order valence-electron chi connectivity index (χ1n) is 6.46. The van der Waals surface area contributed by atoms with Crippen molar-refractivity contribution < 1.29 is 0 Å². The Morgan fingerprint density at radius 3 is 2.47 bits per heavy atom. The van der Waals surface area contributed by atoms with Crippen LogP contribution in [0.5, 0.6) is 0 Å². The number of benzene rings is 2. The fourth-order valence-electron chi connectivity index (χ4n) is 1.76. The Bertz CT molecular complexity index is 487. The van der Waals surface area contributed by atoms with E-state index in [1.807, 2.05) is 36.0 Å². The SMILES string of the molecule is Clc1ccccc1CSCCCNc1ccccc1. The van der Waals surface area contributed by atoms with Crippen molar-refractivity contribution in [3.8, 4) is 0 Å². The third-order valence-electron chi connectivity index (χ3n) is 2.78. The normalized spacial score (nSPS) is 10.4. The van der Waals surface area contributed by atoms with Gasteiger partial charge in [-0.2, -0.15) is 11.8 Å². The predicted molar refractivity (Wildman–Crippen MR) is 87.2 cm³/mol. The molecule has 0 heterocycles. The molecule has 0 amide bonds. The summed E-state index contributed by atoms with van der Waals surface area (Å²) in [4.78, 5) is 0. The third kappa shape index (κ3) is 5.17. The summed E-state index contributed by atoms with van der Waals surface area (Å²) in [5.74, 6) is 2.13. The van der Waals surface area contributed by atoms with E-state index >= 15 is 0 Å². The number of nitrogens with one attached hydrogen (secondary N) is 1. The molecule has 1 nitrogen and oxygen atoms in total. The molecule has 3 heteroatoms. The molecule has 0 aliphatic heterocycles. The smallest absolute Gasteiger partial charge is 0.0446 e. The highest BCUT2D eigenvalue weighted by Gasteiger charge is 1.98. The largest absolute Gasteiger partial charge is 0.385 e. The number of para-hydroxylation sites is 1. The highest BCUT2D eigenvalue weighted by molar-refractivity contribution is 7.98. The first-order chi connectivity index (χ1) is 9.36. The molecule has 2 aromatic carbocycles. The molecule has 100 valence electrons. The minimum absolute atomic E-state index is 0.873. The van der Waals surface area contributed by atoms with Crippen molar-refractivity contribution in [2.45, 2.75) is 12.2 Å². The lowest BCUT2D eigenvalue weighted by molar-refractivity contribution is 0.991. The summed E-state index contributed by atoms with van der Waals surface area (Å²) in [6.45, 7) is 1.01. The zero-order valence-corrected chi connectivity index (χ0v) is 12.4. The number of hydrogen-bond acceptors (Lipinski definition) is 2. The van der Waals surface area contributed by atoms with Gasteiger partial charge in [0.15, 0.2) is 0 Å². The zero-order valence-electron chi connectivity index (χ0n) is 10.8. The van der Waals surface area contributed by atoms with Crippen LogP contribution in [-0.2, 0) is 5.75 Å².